The molecule has 1 saturated carbocycles. The lowest BCUT2D eigenvalue weighted by atomic mass is 10.0. The van der Waals surface area contributed by atoms with Crippen molar-refractivity contribution in [1.82, 2.24) is 0 Å². The van der Waals surface area contributed by atoms with Gasteiger partial charge in [-0.3, -0.25) is 0 Å². The molecule has 0 radical (unpaired) electrons. The van der Waals surface area contributed by atoms with E-state index in [1.54, 1.807) is 0 Å². The van der Waals surface area contributed by atoms with Crippen molar-refractivity contribution < 1.29 is 0 Å². The van der Waals surface area contributed by atoms with Crippen LogP contribution in [-0.2, 0) is 0 Å². The molecule has 54 valence electrons. The number of rotatable bonds is 0. The van der Waals surface area contributed by atoms with E-state index in [1.165, 1.54) is 32.1 Å². The van der Waals surface area contributed by atoms with E-state index in [1.807, 2.05) is 0 Å². The van der Waals surface area contributed by atoms with Gasteiger partial charge in [0.15, 0.2) is 0 Å². The van der Waals surface area contributed by atoms with Crippen molar-refractivity contribution in [1.29, 1.82) is 0 Å². The molecule has 0 heterocycles. The zero-order chi connectivity index (χ0) is 6.69. The van der Waals surface area contributed by atoms with Gasteiger partial charge in [0.2, 0.25) is 0 Å². The Morgan fingerprint density at radius 1 is 1.11 bits per heavy atom. The monoisotopic (exact) mass is 127 g/mol. The molecule has 2 N–H and O–H groups in total. The van der Waals surface area contributed by atoms with Gasteiger partial charge in [0.25, 0.3) is 0 Å². The van der Waals surface area contributed by atoms with E-state index < -0.39 is 0 Å². The summed E-state index contributed by atoms with van der Waals surface area (Å²) in [5, 5.41) is 0. The average Bonchev–Trinajstić information content (AvgIpc) is 1.97. The van der Waals surface area contributed by atoms with Crippen LogP contribution in [0.15, 0.2) is 0 Å². The van der Waals surface area contributed by atoms with Crippen LogP contribution in [0.3, 0.4) is 0 Å². The SMILES string of the molecule is C[C@H]1CCC[C@H](N)CC1. The summed E-state index contributed by atoms with van der Waals surface area (Å²) < 4.78 is 0. The fraction of sp³-hybridized carbons (Fsp3) is 1.00. The van der Waals surface area contributed by atoms with Gasteiger partial charge in [0.1, 0.15) is 0 Å². The maximum atomic E-state index is 5.80. The molecule has 1 aliphatic carbocycles. The molecule has 0 amide bonds. The second kappa shape index (κ2) is 3.21. The Hall–Kier alpha value is -0.0400. The minimum absolute atomic E-state index is 0.509. The van der Waals surface area contributed by atoms with Crippen molar-refractivity contribution in [3.05, 3.63) is 0 Å². The van der Waals surface area contributed by atoms with E-state index in [4.69, 9.17) is 5.73 Å². The third-order valence-electron chi connectivity index (χ3n) is 2.30. The summed E-state index contributed by atoms with van der Waals surface area (Å²) in [6, 6.07) is 0.509. The molecule has 1 nitrogen and oxygen atoms in total. The van der Waals surface area contributed by atoms with E-state index in [-0.39, 0.29) is 0 Å². The summed E-state index contributed by atoms with van der Waals surface area (Å²) in [4.78, 5) is 0. The molecule has 9 heavy (non-hydrogen) atoms. The summed E-state index contributed by atoms with van der Waals surface area (Å²) in [5.41, 5.74) is 5.80. The third-order valence-corrected chi connectivity index (χ3v) is 2.30. The van der Waals surface area contributed by atoms with Crippen LogP contribution in [0.5, 0.6) is 0 Å². The van der Waals surface area contributed by atoms with Crippen LogP contribution in [-0.4, -0.2) is 6.04 Å². The fourth-order valence-corrected chi connectivity index (χ4v) is 1.52. The van der Waals surface area contributed by atoms with Gasteiger partial charge < -0.3 is 5.73 Å². The van der Waals surface area contributed by atoms with Crippen LogP contribution < -0.4 is 5.73 Å². The molecule has 0 unspecified atom stereocenters. The third kappa shape index (κ3) is 2.35. The van der Waals surface area contributed by atoms with Crippen LogP contribution in [0, 0.1) is 5.92 Å². The quantitative estimate of drug-likeness (QED) is 0.494. The molecule has 1 rings (SSSR count). The van der Waals surface area contributed by atoms with Gasteiger partial charge in [-0.15, -0.1) is 0 Å². The van der Waals surface area contributed by atoms with Crippen molar-refractivity contribution in [3.63, 3.8) is 0 Å². The molecule has 1 aliphatic rings. The number of hydrogen-bond acceptors (Lipinski definition) is 1. The number of nitrogens with two attached hydrogens (primary N) is 1. The van der Waals surface area contributed by atoms with Crippen molar-refractivity contribution in [2.45, 2.75) is 45.1 Å². The maximum absolute atomic E-state index is 5.80. The Morgan fingerprint density at radius 3 is 2.67 bits per heavy atom. The molecule has 1 fully saturated rings. The van der Waals surface area contributed by atoms with E-state index in [2.05, 4.69) is 6.92 Å². The van der Waals surface area contributed by atoms with E-state index in [0.29, 0.717) is 6.04 Å². The zero-order valence-corrected chi connectivity index (χ0v) is 6.27. The Labute approximate surface area is 57.6 Å². The molecule has 0 spiro atoms. The average molecular weight is 127 g/mol. The highest BCUT2D eigenvalue weighted by molar-refractivity contribution is 4.69. The van der Waals surface area contributed by atoms with Gasteiger partial charge in [-0.2, -0.15) is 0 Å². The summed E-state index contributed by atoms with van der Waals surface area (Å²) in [5.74, 6) is 0.929. The van der Waals surface area contributed by atoms with Crippen LogP contribution in [0.25, 0.3) is 0 Å². The normalized spacial score (nSPS) is 38.0. The number of hydrogen-bond donors (Lipinski definition) is 1. The second-order valence-corrected chi connectivity index (χ2v) is 3.37. The van der Waals surface area contributed by atoms with Crippen molar-refractivity contribution in [3.8, 4) is 0 Å². The van der Waals surface area contributed by atoms with Gasteiger partial charge in [-0.05, 0) is 25.2 Å². The van der Waals surface area contributed by atoms with Gasteiger partial charge in [-0.25, -0.2) is 0 Å². The lowest BCUT2D eigenvalue weighted by Crippen LogP contribution is -2.17. The maximum Gasteiger partial charge on any atom is 0.00389 e. The topological polar surface area (TPSA) is 26.0 Å². The first-order valence-electron chi connectivity index (χ1n) is 4.04. The Morgan fingerprint density at radius 2 is 1.89 bits per heavy atom. The Bertz CT molecular complexity index is 70.6. The standard InChI is InChI=1S/C8H17N/c1-7-3-2-4-8(9)6-5-7/h7-8H,2-6,9H2,1H3/t7-,8-/m0/s1. The van der Waals surface area contributed by atoms with Gasteiger partial charge in [-0.1, -0.05) is 19.8 Å². The highest BCUT2D eigenvalue weighted by Crippen LogP contribution is 2.20. The van der Waals surface area contributed by atoms with Crippen LogP contribution in [0.2, 0.25) is 0 Å². The predicted molar refractivity (Wildman–Crippen MR) is 40.2 cm³/mol. The minimum atomic E-state index is 0.509. The summed E-state index contributed by atoms with van der Waals surface area (Å²) in [6.45, 7) is 2.33. The molecule has 0 aromatic carbocycles. The highest BCUT2D eigenvalue weighted by Gasteiger charge is 2.11. The van der Waals surface area contributed by atoms with Crippen LogP contribution >= 0.6 is 0 Å². The Balaban J connectivity index is 2.25. The fourth-order valence-electron chi connectivity index (χ4n) is 1.52. The van der Waals surface area contributed by atoms with Crippen molar-refractivity contribution in [2.24, 2.45) is 11.7 Å². The van der Waals surface area contributed by atoms with Crippen LogP contribution in [0.4, 0.5) is 0 Å². The molecule has 2 atom stereocenters. The van der Waals surface area contributed by atoms with E-state index in [0.717, 1.165) is 5.92 Å². The van der Waals surface area contributed by atoms with Gasteiger partial charge in [0, 0.05) is 6.04 Å². The molecule has 0 aromatic heterocycles. The summed E-state index contributed by atoms with van der Waals surface area (Å²) in [6.07, 6.45) is 6.60. The molecule has 1 heteroatoms. The lowest BCUT2D eigenvalue weighted by molar-refractivity contribution is 0.499. The molecule has 0 aromatic rings. The van der Waals surface area contributed by atoms with Crippen molar-refractivity contribution >= 4 is 0 Å². The molecule has 0 saturated heterocycles. The highest BCUT2D eigenvalue weighted by atomic mass is 14.6. The molecule has 0 bridgehead atoms. The largest absolute Gasteiger partial charge is 0.328 e. The molecular weight excluding hydrogens is 110 g/mol. The summed E-state index contributed by atoms with van der Waals surface area (Å²) in [7, 11) is 0. The smallest absolute Gasteiger partial charge is 0.00389 e. The minimum Gasteiger partial charge on any atom is -0.328 e. The van der Waals surface area contributed by atoms with E-state index in [9.17, 15) is 0 Å². The lowest BCUT2D eigenvalue weighted by Gasteiger charge is -2.05. The van der Waals surface area contributed by atoms with E-state index >= 15 is 0 Å². The first-order chi connectivity index (χ1) is 4.29. The van der Waals surface area contributed by atoms with Crippen LogP contribution in [0.1, 0.15) is 39.0 Å². The molecule has 0 aliphatic heterocycles. The predicted octanol–water partition coefficient (Wildman–Crippen LogP) is 1.91. The van der Waals surface area contributed by atoms with Gasteiger partial charge in [0.05, 0.1) is 0 Å². The summed E-state index contributed by atoms with van der Waals surface area (Å²) >= 11 is 0. The first kappa shape index (κ1) is 7.07. The van der Waals surface area contributed by atoms with Crippen molar-refractivity contribution in [2.75, 3.05) is 0 Å². The Kier molecular flexibility index (Phi) is 2.52. The first-order valence-corrected chi connectivity index (χ1v) is 4.04. The molecular formula is C8H17N. The second-order valence-electron chi connectivity index (χ2n) is 3.37. The van der Waals surface area contributed by atoms with Gasteiger partial charge >= 0.3 is 0 Å². The zero-order valence-electron chi connectivity index (χ0n) is 6.27.